The molecule has 3 aromatic rings. The van der Waals surface area contributed by atoms with Crippen molar-refractivity contribution in [1.29, 1.82) is 0 Å². The van der Waals surface area contributed by atoms with Gasteiger partial charge in [0.25, 0.3) is 0 Å². The second kappa shape index (κ2) is 10.1. The molecule has 0 aromatic heterocycles. The Hall–Kier alpha value is -2.41. The minimum atomic E-state index is -4.52. The van der Waals surface area contributed by atoms with E-state index in [1.165, 1.54) is 18.2 Å². The summed E-state index contributed by atoms with van der Waals surface area (Å²) in [4.78, 5) is 16.8. The second-order valence-corrected chi connectivity index (χ2v) is 9.31. The Labute approximate surface area is 210 Å². The van der Waals surface area contributed by atoms with Crippen molar-refractivity contribution >= 4 is 46.4 Å². The van der Waals surface area contributed by atoms with Crippen LogP contribution >= 0.6 is 34.8 Å². The number of hydrogen-bond acceptors (Lipinski definition) is 2. The highest BCUT2D eigenvalue weighted by Crippen LogP contribution is 2.37. The van der Waals surface area contributed by atoms with Crippen LogP contribution in [0, 0.1) is 0 Å². The summed E-state index contributed by atoms with van der Waals surface area (Å²) >= 11 is 18.6. The average molecular weight is 528 g/mol. The van der Waals surface area contributed by atoms with Crippen molar-refractivity contribution in [3.8, 4) is 0 Å². The second-order valence-electron chi connectivity index (χ2n) is 8.03. The van der Waals surface area contributed by atoms with Crippen LogP contribution in [-0.2, 0) is 17.4 Å². The van der Waals surface area contributed by atoms with Crippen LogP contribution in [0.15, 0.2) is 66.7 Å². The number of anilines is 1. The Morgan fingerprint density at radius 3 is 2.26 bits per heavy atom. The van der Waals surface area contributed by atoms with Gasteiger partial charge in [0.2, 0.25) is 5.91 Å². The number of hydrogen-bond donors (Lipinski definition) is 0. The third-order valence-corrected chi connectivity index (χ3v) is 6.66. The fourth-order valence-electron chi connectivity index (χ4n) is 4.21. The maximum absolute atomic E-state index is 13.4. The van der Waals surface area contributed by atoms with E-state index in [9.17, 15) is 18.0 Å². The number of piperazine rings is 1. The van der Waals surface area contributed by atoms with Crippen LogP contribution in [0.4, 0.5) is 18.9 Å². The molecule has 1 heterocycles. The molecule has 1 aliphatic rings. The molecule has 1 aliphatic heterocycles. The molecule has 3 nitrogen and oxygen atoms in total. The molecular weight excluding hydrogens is 508 g/mol. The van der Waals surface area contributed by atoms with E-state index in [1.807, 2.05) is 18.2 Å². The maximum atomic E-state index is 13.4. The molecule has 1 amide bonds. The lowest BCUT2D eigenvalue weighted by Crippen LogP contribution is -2.51. The van der Waals surface area contributed by atoms with Gasteiger partial charge in [-0.3, -0.25) is 4.79 Å². The van der Waals surface area contributed by atoms with Crippen LogP contribution in [-0.4, -0.2) is 30.4 Å². The summed E-state index contributed by atoms with van der Waals surface area (Å²) in [6.07, 6.45) is -4.85. The van der Waals surface area contributed by atoms with E-state index >= 15 is 0 Å². The molecule has 0 bridgehead atoms. The fraction of sp³-hybridized carbons (Fsp3) is 0.240. The highest BCUT2D eigenvalue weighted by Gasteiger charge is 2.35. The van der Waals surface area contributed by atoms with Gasteiger partial charge in [-0.25, -0.2) is 0 Å². The van der Waals surface area contributed by atoms with Crippen LogP contribution in [0.25, 0.3) is 0 Å². The van der Waals surface area contributed by atoms with E-state index < -0.39 is 11.7 Å². The molecule has 9 heteroatoms. The number of carbonyl (C=O) groups excluding carboxylic acids is 1. The Balaban J connectivity index is 1.61. The van der Waals surface area contributed by atoms with Crippen molar-refractivity contribution in [3.63, 3.8) is 0 Å². The number of carbonyl (C=O) groups is 1. The van der Waals surface area contributed by atoms with Crippen LogP contribution < -0.4 is 4.90 Å². The lowest BCUT2D eigenvalue weighted by atomic mass is 9.99. The summed E-state index contributed by atoms with van der Waals surface area (Å²) < 4.78 is 40.2. The predicted octanol–water partition coefficient (Wildman–Crippen LogP) is 7.30. The van der Waals surface area contributed by atoms with Crippen LogP contribution in [0.5, 0.6) is 0 Å². The smallest absolute Gasteiger partial charge is 0.360 e. The Kier molecular flexibility index (Phi) is 7.31. The third-order valence-electron chi connectivity index (χ3n) is 5.87. The van der Waals surface area contributed by atoms with Crippen molar-refractivity contribution < 1.29 is 18.0 Å². The highest BCUT2D eigenvalue weighted by atomic mass is 35.5. The van der Waals surface area contributed by atoms with Gasteiger partial charge in [0, 0.05) is 29.7 Å². The summed E-state index contributed by atoms with van der Waals surface area (Å²) in [5.74, 6) is -0.363. The van der Waals surface area contributed by atoms with Crippen LogP contribution in [0.2, 0.25) is 15.1 Å². The molecule has 0 radical (unpaired) electrons. The first-order chi connectivity index (χ1) is 16.1. The van der Waals surface area contributed by atoms with E-state index in [-0.39, 0.29) is 30.5 Å². The molecule has 1 saturated heterocycles. The van der Waals surface area contributed by atoms with Gasteiger partial charge in [-0.1, -0.05) is 65.1 Å². The number of benzene rings is 3. The summed E-state index contributed by atoms with van der Waals surface area (Å²) in [6, 6.07) is 17.4. The van der Waals surface area contributed by atoms with E-state index in [0.717, 1.165) is 17.3 Å². The largest absolute Gasteiger partial charge is 0.416 e. The van der Waals surface area contributed by atoms with Gasteiger partial charge < -0.3 is 9.80 Å². The first-order valence-corrected chi connectivity index (χ1v) is 11.7. The normalized spacial score (nSPS) is 16.6. The highest BCUT2D eigenvalue weighted by molar-refractivity contribution is 6.36. The topological polar surface area (TPSA) is 23.6 Å². The third kappa shape index (κ3) is 5.45. The number of alkyl halides is 3. The molecule has 0 N–H and O–H groups in total. The fourth-order valence-corrected chi connectivity index (χ4v) is 4.85. The van der Waals surface area contributed by atoms with E-state index in [4.69, 9.17) is 34.8 Å². The summed E-state index contributed by atoms with van der Waals surface area (Å²) in [5.41, 5.74) is 0.847. The standard InChI is InChI=1S/C25H20Cl3F3N2O/c26-18-7-5-16(6-8-18)23-15-32(11-12-33(23)22-10-9-19(27)14-21(22)28)24(34)13-17-3-1-2-4-20(17)25(29,30)31/h1-10,14,23H,11-13,15H2. The SMILES string of the molecule is O=C(Cc1ccccc1C(F)(F)F)N1CCN(c2ccc(Cl)cc2Cl)C(c2ccc(Cl)cc2)C1. The van der Waals surface area contributed by atoms with E-state index in [1.54, 1.807) is 29.2 Å². The zero-order valence-electron chi connectivity index (χ0n) is 17.8. The molecule has 0 saturated carbocycles. The van der Waals surface area contributed by atoms with Gasteiger partial charge in [0.1, 0.15) is 0 Å². The number of rotatable bonds is 4. The molecule has 0 aliphatic carbocycles. The molecule has 1 unspecified atom stereocenters. The van der Waals surface area contributed by atoms with Gasteiger partial charge in [0.05, 0.1) is 28.7 Å². The zero-order valence-corrected chi connectivity index (χ0v) is 20.1. The number of nitrogens with zero attached hydrogens (tertiary/aromatic N) is 2. The van der Waals surface area contributed by atoms with Crippen molar-refractivity contribution in [3.05, 3.63) is 98.5 Å². The van der Waals surface area contributed by atoms with Gasteiger partial charge in [-0.15, -0.1) is 0 Å². The van der Waals surface area contributed by atoms with Gasteiger partial charge >= 0.3 is 6.18 Å². The quantitative estimate of drug-likeness (QED) is 0.355. The molecule has 0 spiro atoms. The molecular formula is C25H20Cl3F3N2O. The van der Waals surface area contributed by atoms with E-state index in [0.29, 0.717) is 28.2 Å². The number of halogens is 6. The average Bonchev–Trinajstić information content (AvgIpc) is 2.79. The zero-order chi connectivity index (χ0) is 24.5. The Morgan fingerprint density at radius 2 is 1.59 bits per heavy atom. The number of amides is 1. The summed E-state index contributed by atoms with van der Waals surface area (Å²) in [6.45, 7) is 1.07. The summed E-state index contributed by atoms with van der Waals surface area (Å²) in [7, 11) is 0. The minimum absolute atomic E-state index is 0.0359. The van der Waals surface area contributed by atoms with Crippen LogP contribution in [0.3, 0.4) is 0 Å². The van der Waals surface area contributed by atoms with Gasteiger partial charge in [-0.2, -0.15) is 13.2 Å². The Bertz CT molecular complexity index is 1180. The molecule has 3 aromatic carbocycles. The van der Waals surface area contributed by atoms with Gasteiger partial charge in [0.15, 0.2) is 0 Å². The molecule has 178 valence electrons. The molecule has 4 rings (SSSR count). The minimum Gasteiger partial charge on any atom is -0.360 e. The first kappa shape index (κ1) is 24.7. The van der Waals surface area contributed by atoms with Crippen molar-refractivity contribution in [2.75, 3.05) is 24.5 Å². The summed E-state index contributed by atoms with van der Waals surface area (Å²) in [5, 5.41) is 1.56. The molecule has 1 fully saturated rings. The molecule has 34 heavy (non-hydrogen) atoms. The van der Waals surface area contributed by atoms with Crippen molar-refractivity contribution in [2.45, 2.75) is 18.6 Å². The lowest BCUT2D eigenvalue weighted by molar-refractivity contribution is -0.138. The maximum Gasteiger partial charge on any atom is 0.416 e. The van der Waals surface area contributed by atoms with E-state index in [2.05, 4.69) is 4.90 Å². The van der Waals surface area contributed by atoms with Crippen LogP contribution in [0.1, 0.15) is 22.7 Å². The van der Waals surface area contributed by atoms with Gasteiger partial charge in [-0.05, 0) is 47.5 Å². The first-order valence-electron chi connectivity index (χ1n) is 10.5. The lowest BCUT2D eigenvalue weighted by Gasteiger charge is -2.43. The molecule has 1 atom stereocenters. The van der Waals surface area contributed by atoms with Crippen molar-refractivity contribution in [2.24, 2.45) is 0 Å². The van der Waals surface area contributed by atoms with Crippen molar-refractivity contribution in [1.82, 2.24) is 4.90 Å². The monoisotopic (exact) mass is 526 g/mol. The predicted molar refractivity (Wildman–Crippen MR) is 130 cm³/mol. The Morgan fingerprint density at radius 1 is 0.912 bits per heavy atom.